The monoisotopic (exact) mass is 315 g/mol. The molecule has 114 valence electrons. The van der Waals surface area contributed by atoms with Crippen LogP contribution in [0.2, 0.25) is 0 Å². The first-order valence-corrected chi connectivity index (χ1v) is 7.75. The lowest BCUT2D eigenvalue weighted by Crippen LogP contribution is -2.14. The lowest BCUT2D eigenvalue weighted by molar-refractivity contribution is -0.113. The Balaban J connectivity index is 1.91. The van der Waals surface area contributed by atoms with Gasteiger partial charge in [0, 0.05) is 10.6 Å². The molecule has 0 aliphatic rings. The number of methoxy groups -OCH3 is 1. The van der Waals surface area contributed by atoms with Crippen molar-refractivity contribution in [2.24, 2.45) is 0 Å². The first-order valence-electron chi connectivity index (χ1n) is 6.76. The second-order valence-corrected chi connectivity index (χ2v) is 5.77. The van der Waals surface area contributed by atoms with Gasteiger partial charge in [-0.1, -0.05) is 23.8 Å². The Kier molecular flexibility index (Phi) is 5.61. The normalized spacial score (nSPS) is 10.1. The van der Waals surface area contributed by atoms with Gasteiger partial charge in [0.1, 0.15) is 0 Å². The highest BCUT2D eigenvalue weighted by molar-refractivity contribution is 8.00. The molecule has 2 aromatic carbocycles. The van der Waals surface area contributed by atoms with E-state index in [0.29, 0.717) is 17.0 Å². The molecule has 2 aromatic rings. The van der Waals surface area contributed by atoms with Gasteiger partial charge in [0.25, 0.3) is 0 Å². The van der Waals surface area contributed by atoms with Crippen LogP contribution in [-0.2, 0) is 9.53 Å². The number of carbonyl (C=O) groups is 2. The quantitative estimate of drug-likeness (QED) is 0.677. The second-order valence-electron chi connectivity index (χ2n) is 4.72. The van der Waals surface area contributed by atoms with Crippen molar-refractivity contribution < 1.29 is 14.3 Å². The molecule has 2 rings (SSSR count). The molecule has 5 heteroatoms. The summed E-state index contributed by atoms with van der Waals surface area (Å²) in [5.41, 5.74) is 2.18. The van der Waals surface area contributed by atoms with E-state index in [1.165, 1.54) is 24.4 Å². The molecule has 4 nitrogen and oxygen atoms in total. The molecule has 0 aromatic heterocycles. The van der Waals surface area contributed by atoms with Gasteiger partial charge in [-0.25, -0.2) is 4.79 Å². The minimum Gasteiger partial charge on any atom is -0.465 e. The maximum atomic E-state index is 12.0. The summed E-state index contributed by atoms with van der Waals surface area (Å²) in [5.74, 6) is -0.233. The number of hydrogen-bond acceptors (Lipinski definition) is 4. The number of rotatable bonds is 5. The van der Waals surface area contributed by atoms with E-state index in [1.807, 2.05) is 31.2 Å². The fourth-order valence-corrected chi connectivity index (χ4v) is 2.52. The van der Waals surface area contributed by atoms with E-state index in [2.05, 4.69) is 10.1 Å². The summed E-state index contributed by atoms with van der Waals surface area (Å²) in [6.07, 6.45) is 0. The summed E-state index contributed by atoms with van der Waals surface area (Å²) in [7, 11) is 1.33. The molecule has 1 N–H and O–H groups in total. The standard InChI is InChI=1S/C17H17NO3S/c1-12-6-8-15(9-7-12)22-11-16(19)18-14-5-3-4-13(10-14)17(20)21-2/h3-10H,11H2,1-2H3,(H,18,19). The van der Waals surface area contributed by atoms with Gasteiger partial charge in [0.15, 0.2) is 0 Å². The smallest absolute Gasteiger partial charge is 0.337 e. The van der Waals surface area contributed by atoms with Gasteiger partial charge >= 0.3 is 5.97 Å². The molecule has 0 fully saturated rings. The van der Waals surface area contributed by atoms with Crippen molar-refractivity contribution in [3.8, 4) is 0 Å². The third-order valence-electron chi connectivity index (χ3n) is 2.96. The summed E-state index contributed by atoms with van der Waals surface area (Å²) in [6.45, 7) is 2.02. The summed E-state index contributed by atoms with van der Waals surface area (Å²) >= 11 is 1.47. The summed E-state index contributed by atoms with van der Waals surface area (Å²) in [5, 5.41) is 2.78. The number of benzene rings is 2. The van der Waals surface area contributed by atoms with Crippen LogP contribution in [0.4, 0.5) is 5.69 Å². The van der Waals surface area contributed by atoms with Crippen LogP contribution in [0.3, 0.4) is 0 Å². The number of anilines is 1. The number of ether oxygens (including phenoxy) is 1. The van der Waals surface area contributed by atoms with Crippen LogP contribution in [0.15, 0.2) is 53.4 Å². The van der Waals surface area contributed by atoms with E-state index in [9.17, 15) is 9.59 Å². The Morgan fingerprint density at radius 2 is 1.86 bits per heavy atom. The van der Waals surface area contributed by atoms with Gasteiger partial charge in [0.2, 0.25) is 5.91 Å². The molecular weight excluding hydrogens is 298 g/mol. The Labute approximate surface area is 133 Å². The number of thioether (sulfide) groups is 1. The van der Waals surface area contributed by atoms with Crippen molar-refractivity contribution >= 4 is 29.3 Å². The van der Waals surface area contributed by atoms with Crippen molar-refractivity contribution in [2.45, 2.75) is 11.8 Å². The zero-order chi connectivity index (χ0) is 15.9. The predicted octanol–water partition coefficient (Wildman–Crippen LogP) is 3.51. The van der Waals surface area contributed by atoms with Gasteiger partial charge in [-0.05, 0) is 37.3 Å². The van der Waals surface area contributed by atoms with Crippen LogP contribution in [0.5, 0.6) is 0 Å². The number of esters is 1. The molecule has 0 radical (unpaired) electrons. The third-order valence-corrected chi connectivity index (χ3v) is 3.97. The van der Waals surface area contributed by atoms with Crippen LogP contribution < -0.4 is 5.32 Å². The zero-order valence-electron chi connectivity index (χ0n) is 12.5. The molecule has 0 atom stereocenters. The van der Waals surface area contributed by atoms with Gasteiger partial charge in [-0.2, -0.15) is 0 Å². The lowest BCUT2D eigenvalue weighted by atomic mass is 10.2. The first kappa shape index (κ1) is 16.1. The fraction of sp³-hybridized carbons (Fsp3) is 0.176. The van der Waals surface area contributed by atoms with E-state index in [0.717, 1.165) is 4.90 Å². The summed E-state index contributed by atoms with van der Waals surface area (Å²) < 4.78 is 4.66. The van der Waals surface area contributed by atoms with Crippen molar-refractivity contribution in [1.29, 1.82) is 0 Å². The number of nitrogens with one attached hydrogen (secondary N) is 1. The highest BCUT2D eigenvalue weighted by atomic mass is 32.2. The van der Waals surface area contributed by atoms with Gasteiger partial charge in [0.05, 0.1) is 18.4 Å². The molecule has 0 spiro atoms. The van der Waals surface area contributed by atoms with Gasteiger partial charge < -0.3 is 10.1 Å². The maximum absolute atomic E-state index is 12.0. The second kappa shape index (κ2) is 7.66. The van der Waals surface area contributed by atoms with Crippen molar-refractivity contribution in [1.82, 2.24) is 0 Å². The average Bonchev–Trinajstić information content (AvgIpc) is 2.54. The van der Waals surface area contributed by atoms with Crippen molar-refractivity contribution in [3.63, 3.8) is 0 Å². The molecule has 0 saturated carbocycles. The Morgan fingerprint density at radius 3 is 2.55 bits per heavy atom. The van der Waals surface area contributed by atoms with Crippen molar-refractivity contribution in [3.05, 3.63) is 59.7 Å². The molecule has 1 amide bonds. The molecular formula is C17H17NO3S. The highest BCUT2D eigenvalue weighted by Crippen LogP contribution is 2.19. The van der Waals surface area contributed by atoms with Crippen LogP contribution in [0, 0.1) is 6.92 Å². The van der Waals surface area contributed by atoms with E-state index < -0.39 is 5.97 Å². The minimum absolute atomic E-state index is 0.118. The minimum atomic E-state index is -0.426. The zero-order valence-corrected chi connectivity index (χ0v) is 13.3. The van der Waals surface area contributed by atoms with Crippen LogP contribution >= 0.6 is 11.8 Å². The molecule has 22 heavy (non-hydrogen) atoms. The van der Waals surface area contributed by atoms with Crippen LogP contribution in [0.25, 0.3) is 0 Å². The predicted molar refractivity (Wildman–Crippen MR) is 88.3 cm³/mol. The number of aryl methyl sites for hydroxylation is 1. The molecule has 0 unspecified atom stereocenters. The van der Waals surface area contributed by atoms with E-state index in [4.69, 9.17) is 0 Å². The van der Waals surface area contributed by atoms with Crippen LogP contribution in [0.1, 0.15) is 15.9 Å². The Bertz CT molecular complexity index is 668. The van der Waals surface area contributed by atoms with Gasteiger partial charge in [-0.15, -0.1) is 11.8 Å². The SMILES string of the molecule is COC(=O)c1cccc(NC(=O)CSc2ccc(C)cc2)c1. The molecule has 0 aliphatic carbocycles. The Morgan fingerprint density at radius 1 is 1.14 bits per heavy atom. The number of amides is 1. The van der Waals surface area contributed by atoms with E-state index >= 15 is 0 Å². The maximum Gasteiger partial charge on any atom is 0.337 e. The van der Waals surface area contributed by atoms with Crippen molar-refractivity contribution in [2.75, 3.05) is 18.2 Å². The first-order chi connectivity index (χ1) is 10.6. The topological polar surface area (TPSA) is 55.4 Å². The largest absolute Gasteiger partial charge is 0.465 e. The molecule has 0 aliphatic heterocycles. The number of hydrogen-bond donors (Lipinski definition) is 1. The van der Waals surface area contributed by atoms with E-state index in [-0.39, 0.29) is 5.91 Å². The Hall–Kier alpha value is -2.27. The van der Waals surface area contributed by atoms with Crippen LogP contribution in [-0.4, -0.2) is 24.7 Å². The van der Waals surface area contributed by atoms with E-state index in [1.54, 1.807) is 24.3 Å². The van der Waals surface area contributed by atoms with Gasteiger partial charge in [-0.3, -0.25) is 4.79 Å². The highest BCUT2D eigenvalue weighted by Gasteiger charge is 2.08. The number of carbonyl (C=O) groups excluding carboxylic acids is 2. The fourth-order valence-electron chi connectivity index (χ4n) is 1.82. The molecule has 0 heterocycles. The molecule has 0 saturated heterocycles. The average molecular weight is 315 g/mol. The third kappa shape index (κ3) is 4.63. The molecule has 0 bridgehead atoms. The summed E-state index contributed by atoms with van der Waals surface area (Å²) in [6, 6.07) is 14.7. The lowest BCUT2D eigenvalue weighted by Gasteiger charge is -2.07. The summed E-state index contributed by atoms with van der Waals surface area (Å²) in [4.78, 5) is 24.5.